The van der Waals surface area contributed by atoms with Gasteiger partial charge in [0, 0.05) is 50.4 Å². The minimum Gasteiger partial charge on any atom is -0.339 e. The number of piperazine rings is 1. The molecule has 0 spiro atoms. The van der Waals surface area contributed by atoms with Crippen molar-refractivity contribution < 1.29 is 9.18 Å². The lowest BCUT2D eigenvalue weighted by Gasteiger charge is -2.47. The maximum Gasteiger partial charge on any atom is 0.253 e. The van der Waals surface area contributed by atoms with E-state index in [1.807, 2.05) is 43.0 Å². The first-order valence-corrected chi connectivity index (χ1v) is 13.1. The second kappa shape index (κ2) is 11.8. The van der Waals surface area contributed by atoms with Crippen LogP contribution in [0.2, 0.25) is 0 Å². The number of benzene rings is 3. The molecule has 190 valence electrons. The van der Waals surface area contributed by atoms with E-state index in [2.05, 4.69) is 66.1 Å². The first-order valence-electron chi connectivity index (χ1n) is 13.1. The summed E-state index contributed by atoms with van der Waals surface area (Å²) in [6, 6.07) is 26.5. The Morgan fingerprint density at radius 3 is 2.08 bits per heavy atom. The minimum absolute atomic E-state index is 0.0826. The zero-order chi connectivity index (χ0) is 25.7. The monoisotopic (exact) mass is 487 g/mol. The van der Waals surface area contributed by atoms with Gasteiger partial charge in [-0.05, 0) is 68.7 Å². The predicted molar refractivity (Wildman–Crippen MR) is 144 cm³/mol. The van der Waals surface area contributed by atoms with Gasteiger partial charge in [0.25, 0.3) is 5.91 Å². The molecular formula is C31H38FN3O. The molecule has 4 rings (SSSR count). The Balaban J connectivity index is 1.58. The SMILES string of the molecule is CCN(CC)C(=O)c1ccc([C@H](c2ccccc2)N2C[C@@H](C)N(Cc3ccc(F)cc3)C[C@@H]2C)cc1. The van der Waals surface area contributed by atoms with Crippen LogP contribution in [0.3, 0.4) is 0 Å². The molecule has 1 saturated heterocycles. The number of hydrogen-bond acceptors (Lipinski definition) is 3. The zero-order valence-electron chi connectivity index (χ0n) is 21.9. The molecule has 5 heteroatoms. The Morgan fingerprint density at radius 2 is 1.47 bits per heavy atom. The van der Waals surface area contributed by atoms with Crippen LogP contribution in [0.1, 0.15) is 60.8 Å². The van der Waals surface area contributed by atoms with Crippen LogP contribution >= 0.6 is 0 Å². The molecule has 3 aromatic carbocycles. The number of carbonyl (C=O) groups is 1. The van der Waals surface area contributed by atoms with Gasteiger partial charge in [0.2, 0.25) is 0 Å². The summed E-state index contributed by atoms with van der Waals surface area (Å²) in [6.07, 6.45) is 0. The van der Waals surface area contributed by atoms with E-state index in [9.17, 15) is 9.18 Å². The Bertz CT molecular complexity index is 1110. The average molecular weight is 488 g/mol. The van der Waals surface area contributed by atoms with Gasteiger partial charge in [-0.1, -0.05) is 54.6 Å². The molecule has 0 saturated carbocycles. The molecule has 0 bridgehead atoms. The molecule has 0 unspecified atom stereocenters. The number of nitrogens with zero attached hydrogens (tertiary/aromatic N) is 3. The maximum absolute atomic E-state index is 13.4. The van der Waals surface area contributed by atoms with Crippen LogP contribution in [-0.4, -0.2) is 58.9 Å². The summed E-state index contributed by atoms with van der Waals surface area (Å²) >= 11 is 0. The number of halogens is 1. The number of hydrogen-bond donors (Lipinski definition) is 0. The molecule has 1 heterocycles. The molecule has 1 aliphatic heterocycles. The smallest absolute Gasteiger partial charge is 0.253 e. The third kappa shape index (κ3) is 5.85. The highest BCUT2D eigenvalue weighted by atomic mass is 19.1. The second-order valence-corrected chi connectivity index (χ2v) is 9.86. The van der Waals surface area contributed by atoms with Gasteiger partial charge in [0.15, 0.2) is 0 Å². The standard InChI is InChI=1S/C31H38FN3O/c1-5-33(6-2)31(36)28-16-14-27(15-17-28)30(26-10-8-7-9-11-26)35-21-23(3)34(20-24(35)4)22-25-12-18-29(32)19-13-25/h7-19,23-24,30H,5-6,20-22H2,1-4H3/t23-,24+,30+/m1/s1. The van der Waals surface area contributed by atoms with E-state index in [0.717, 1.165) is 30.8 Å². The highest BCUT2D eigenvalue weighted by Crippen LogP contribution is 2.34. The molecule has 0 aromatic heterocycles. The summed E-state index contributed by atoms with van der Waals surface area (Å²) in [6.45, 7) is 12.7. The average Bonchev–Trinajstić information content (AvgIpc) is 2.90. The van der Waals surface area contributed by atoms with Crippen molar-refractivity contribution >= 4 is 5.91 Å². The molecule has 3 aromatic rings. The third-order valence-electron chi connectivity index (χ3n) is 7.43. The fraction of sp³-hybridized carbons (Fsp3) is 0.387. The van der Waals surface area contributed by atoms with Crippen LogP contribution in [0.5, 0.6) is 0 Å². The van der Waals surface area contributed by atoms with E-state index in [-0.39, 0.29) is 17.8 Å². The van der Waals surface area contributed by atoms with E-state index in [1.54, 1.807) is 12.1 Å². The fourth-order valence-corrected chi connectivity index (χ4v) is 5.34. The van der Waals surface area contributed by atoms with Crippen molar-refractivity contribution in [2.45, 2.75) is 52.4 Å². The Morgan fingerprint density at radius 1 is 0.861 bits per heavy atom. The second-order valence-electron chi connectivity index (χ2n) is 9.86. The van der Waals surface area contributed by atoms with Crippen LogP contribution < -0.4 is 0 Å². The van der Waals surface area contributed by atoms with Crippen LogP contribution in [-0.2, 0) is 6.54 Å². The van der Waals surface area contributed by atoms with Gasteiger partial charge in [-0.25, -0.2) is 4.39 Å². The van der Waals surface area contributed by atoms with Crippen LogP contribution in [0.25, 0.3) is 0 Å². The lowest BCUT2D eigenvalue weighted by Crippen LogP contribution is -2.56. The highest BCUT2D eigenvalue weighted by molar-refractivity contribution is 5.94. The zero-order valence-corrected chi connectivity index (χ0v) is 21.9. The molecule has 3 atom stereocenters. The maximum atomic E-state index is 13.4. The number of carbonyl (C=O) groups excluding carboxylic acids is 1. The Kier molecular flexibility index (Phi) is 8.55. The lowest BCUT2D eigenvalue weighted by molar-refractivity contribution is 0.0195. The molecule has 0 N–H and O–H groups in total. The number of rotatable bonds is 8. The van der Waals surface area contributed by atoms with Crippen molar-refractivity contribution in [1.82, 2.24) is 14.7 Å². The molecule has 0 aliphatic carbocycles. The van der Waals surface area contributed by atoms with Crippen molar-refractivity contribution in [2.24, 2.45) is 0 Å². The fourth-order valence-electron chi connectivity index (χ4n) is 5.34. The third-order valence-corrected chi connectivity index (χ3v) is 7.43. The summed E-state index contributed by atoms with van der Waals surface area (Å²) < 4.78 is 13.4. The van der Waals surface area contributed by atoms with Crippen LogP contribution in [0.15, 0.2) is 78.9 Å². The van der Waals surface area contributed by atoms with Crippen molar-refractivity contribution in [2.75, 3.05) is 26.2 Å². The van der Waals surface area contributed by atoms with Gasteiger partial charge in [0.1, 0.15) is 5.82 Å². The highest BCUT2D eigenvalue weighted by Gasteiger charge is 2.34. The largest absolute Gasteiger partial charge is 0.339 e. The van der Waals surface area contributed by atoms with Gasteiger partial charge >= 0.3 is 0 Å². The minimum atomic E-state index is -0.194. The summed E-state index contributed by atoms with van der Waals surface area (Å²) in [7, 11) is 0. The van der Waals surface area contributed by atoms with Gasteiger partial charge in [-0.3, -0.25) is 14.6 Å². The van der Waals surface area contributed by atoms with Gasteiger partial charge in [-0.15, -0.1) is 0 Å². The van der Waals surface area contributed by atoms with Crippen molar-refractivity contribution in [3.63, 3.8) is 0 Å². The Hall–Kier alpha value is -3.02. The van der Waals surface area contributed by atoms with E-state index >= 15 is 0 Å². The molecule has 36 heavy (non-hydrogen) atoms. The Labute approximate surface area is 215 Å². The summed E-state index contributed by atoms with van der Waals surface area (Å²) in [5.74, 6) is -0.111. The van der Waals surface area contributed by atoms with E-state index in [0.29, 0.717) is 25.2 Å². The van der Waals surface area contributed by atoms with Crippen LogP contribution in [0, 0.1) is 5.82 Å². The van der Waals surface area contributed by atoms with Gasteiger partial charge < -0.3 is 4.90 Å². The van der Waals surface area contributed by atoms with E-state index in [1.165, 1.54) is 11.1 Å². The molecule has 1 aliphatic rings. The predicted octanol–water partition coefficient (Wildman–Crippen LogP) is 5.99. The molecule has 0 radical (unpaired) electrons. The lowest BCUT2D eigenvalue weighted by atomic mass is 9.92. The van der Waals surface area contributed by atoms with E-state index < -0.39 is 0 Å². The summed E-state index contributed by atoms with van der Waals surface area (Å²) in [4.78, 5) is 19.8. The van der Waals surface area contributed by atoms with Crippen molar-refractivity contribution in [3.05, 3.63) is 107 Å². The first-order chi connectivity index (χ1) is 17.4. The van der Waals surface area contributed by atoms with Crippen molar-refractivity contribution in [3.8, 4) is 0 Å². The quantitative estimate of drug-likeness (QED) is 0.390. The summed E-state index contributed by atoms with van der Waals surface area (Å²) in [5, 5.41) is 0. The molecule has 1 fully saturated rings. The van der Waals surface area contributed by atoms with Crippen LogP contribution in [0.4, 0.5) is 4.39 Å². The van der Waals surface area contributed by atoms with E-state index in [4.69, 9.17) is 0 Å². The normalized spacial score (nSPS) is 19.7. The summed E-state index contributed by atoms with van der Waals surface area (Å²) in [5.41, 5.74) is 4.33. The van der Waals surface area contributed by atoms with Gasteiger partial charge in [0.05, 0.1) is 6.04 Å². The van der Waals surface area contributed by atoms with Crippen molar-refractivity contribution in [1.29, 1.82) is 0 Å². The first kappa shape index (κ1) is 26.1. The topological polar surface area (TPSA) is 26.8 Å². The molecule has 4 nitrogen and oxygen atoms in total. The number of amides is 1. The molecule has 1 amide bonds. The van der Waals surface area contributed by atoms with Gasteiger partial charge in [-0.2, -0.15) is 0 Å². The molecular weight excluding hydrogens is 449 g/mol.